The summed E-state index contributed by atoms with van der Waals surface area (Å²) < 4.78 is 39.8. The predicted molar refractivity (Wildman–Crippen MR) is 76.6 cm³/mol. The average molecular weight is 310 g/mol. The fraction of sp³-hybridized carbons (Fsp3) is 0. The van der Waals surface area contributed by atoms with Gasteiger partial charge in [0.15, 0.2) is 0 Å². The van der Waals surface area contributed by atoms with Gasteiger partial charge in [0.25, 0.3) is 10.0 Å². The van der Waals surface area contributed by atoms with Crippen molar-refractivity contribution in [1.29, 1.82) is 0 Å². The van der Waals surface area contributed by atoms with Crippen LogP contribution in [0.1, 0.15) is 5.56 Å². The molecule has 0 saturated heterocycles. The van der Waals surface area contributed by atoms with Crippen LogP contribution in [0.4, 0.5) is 10.1 Å². The lowest BCUT2D eigenvalue weighted by Crippen LogP contribution is -2.13. The molecule has 2 aromatic carbocycles. The van der Waals surface area contributed by atoms with E-state index in [9.17, 15) is 12.8 Å². The van der Waals surface area contributed by atoms with Crippen LogP contribution in [-0.4, -0.2) is 8.42 Å². The number of terminal acetylenes is 1. The molecule has 0 heterocycles. The largest absolute Gasteiger partial charge is 0.280 e. The van der Waals surface area contributed by atoms with E-state index in [1.54, 1.807) is 12.1 Å². The first-order valence-electron chi connectivity index (χ1n) is 5.47. The molecule has 0 unspecified atom stereocenters. The number of anilines is 1. The molecule has 0 aliphatic carbocycles. The Kier molecular flexibility index (Phi) is 3.98. The molecule has 102 valence electrons. The molecule has 1 N–H and O–H groups in total. The number of hydrogen-bond acceptors (Lipinski definition) is 2. The molecule has 0 spiro atoms. The maximum absolute atomic E-state index is 13.2. The Morgan fingerprint density at radius 3 is 2.65 bits per heavy atom. The number of nitrogens with one attached hydrogen (secondary N) is 1. The van der Waals surface area contributed by atoms with Gasteiger partial charge < -0.3 is 0 Å². The summed E-state index contributed by atoms with van der Waals surface area (Å²) in [6.07, 6.45) is 5.24. The van der Waals surface area contributed by atoms with Gasteiger partial charge in [-0.15, -0.1) is 6.42 Å². The fourth-order valence-corrected chi connectivity index (χ4v) is 3.13. The van der Waals surface area contributed by atoms with Crippen molar-refractivity contribution in [1.82, 2.24) is 0 Å². The molecule has 2 aromatic rings. The molecule has 0 radical (unpaired) electrons. The van der Waals surface area contributed by atoms with E-state index >= 15 is 0 Å². The van der Waals surface area contributed by atoms with Gasteiger partial charge in [0.05, 0.1) is 10.7 Å². The number of sulfonamides is 1. The van der Waals surface area contributed by atoms with E-state index in [2.05, 4.69) is 10.6 Å². The molecule has 6 heteroatoms. The highest BCUT2D eigenvalue weighted by Gasteiger charge is 2.19. The average Bonchev–Trinajstić information content (AvgIpc) is 2.41. The number of hydrogen-bond donors (Lipinski definition) is 1. The smallest absolute Gasteiger partial charge is 0.263 e. The third-order valence-corrected chi connectivity index (χ3v) is 4.33. The summed E-state index contributed by atoms with van der Waals surface area (Å²) in [5.41, 5.74) is 0.802. The lowest BCUT2D eigenvalue weighted by Gasteiger charge is -2.09. The van der Waals surface area contributed by atoms with Crippen LogP contribution in [0.2, 0.25) is 5.02 Å². The zero-order valence-corrected chi connectivity index (χ0v) is 11.7. The van der Waals surface area contributed by atoms with E-state index in [0.29, 0.717) is 5.56 Å². The van der Waals surface area contributed by atoms with Crippen LogP contribution in [0.5, 0.6) is 0 Å². The minimum atomic E-state index is -3.98. The first-order chi connectivity index (χ1) is 9.42. The second-order valence-electron chi connectivity index (χ2n) is 3.91. The van der Waals surface area contributed by atoms with E-state index in [-0.39, 0.29) is 15.6 Å². The van der Waals surface area contributed by atoms with Crippen molar-refractivity contribution >= 4 is 27.3 Å². The van der Waals surface area contributed by atoms with Gasteiger partial charge in [0.1, 0.15) is 10.7 Å². The summed E-state index contributed by atoms with van der Waals surface area (Å²) in [5.74, 6) is 1.70. The second kappa shape index (κ2) is 5.53. The first kappa shape index (κ1) is 14.4. The van der Waals surface area contributed by atoms with Gasteiger partial charge in [-0.05, 0) is 36.4 Å². The van der Waals surface area contributed by atoms with Crippen LogP contribution in [0.25, 0.3) is 0 Å². The Hall–Kier alpha value is -2.03. The van der Waals surface area contributed by atoms with Crippen molar-refractivity contribution in [2.45, 2.75) is 4.90 Å². The van der Waals surface area contributed by atoms with E-state index < -0.39 is 15.8 Å². The van der Waals surface area contributed by atoms with E-state index in [4.69, 9.17) is 18.0 Å². The van der Waals surface area contributed by atoms with Crippen molar-refractivity contribution < 1.29 is 12.8 Å². The topological polar surface area (TPSA) is 46.2 Å². The second-order valence-corrected chi connectivity index (χ2v) is 5.96. The zero-order valence-electron chi connectivity index (χ0n) is 10.1. The van der Waals surface area contributed by atoms with Crippen LogP contribution >= 0.6 is 11.6 Å². The molecule has 0 fully saturated rings. The maximum atomic E-state index is 13.2. The van der Waals surface area contributed by atoms with Crippen molar-refractivity contribution in [3.05, 3.63) is 58.9 Å². The van der Waals surface area contributed by atoms with Crippen LogP contribution in [0.15, 0.2) is 47.4 Å². The van der Waals surface area contributed by atoms with Crippen molar-refractivity contribution in [2.75, 3.05) is 4.72 Å². The minimum absolute atomic E-state index is 0.0630. The van der Waals surface area contributed by atoms with E-state index in [1.165, 1.54) is 18.2 Å². The van der Waals surface area contributed by atoms with Crippen LogP contribution in [0.3, 0.4) is 0 Å². The molecule has 2 rings (SSSR count). The van der Waals surface area contributed by atoms with Crippen LogP contribution in [0, 0.1) is 18.2 Å². The molecular formula is C14H9ClFNO2S. The SMILES string of the molecule is C#Cc1cccc(NS(=O)(=O)c2cc(F)ccc2Cl)c1. The third-order valence-electron chi connectivity index (χ3n) is 2.46. The minimum Gasteiger partial charge on any atom is -0.280 e. The molecule has 20 heavy (non-hydrogen) atoms. The summed E-state index contributed by atoms with van der Waals surface area (Å²) in [6, 6.07) is 9.42. The number of benzene rings is 2. The van der Waals surface area contributed by atoms with Gasteiger partial charge in [-0.3, -0.25) is 4.72 Å². The molecule has 0 saturated carbocycles. The lowest BCUT2D eigenvalue weighted by molar-refractivity contribution is 0.595. The molecule has 0 amide bonds. The number of rotatable bonds is 3. The van der Waals surface area contributed by atoms with Crippen molar-refractivity contribution in [2.24, 2.45) is 0 Å². The molecular weight excluding hydrogens is 301 g/mol. The fourth-order valence-electron chi connectivity index (χ4n) is 1.57. The standard InChI is InChI=1S/C14H9ClFNO2S/c1-2-10-4-3-5-12(8-10)17-20(18,19)14-9-11(16)6-7-13(14)15/h1,3-9,17H. The van der Waals surface area contributed by atoms with Gasteiger partial charge in [-0.25, -0.2) is 12.8 Å². The van der Waals surface area contributed by atoms with Crippen LogP contribution in [-0.2, 0) is 10.0 Å². The summed E-state index contributed by atoms with van der Waals surface area (Å²) in [6.45, 7) is 0. The van der Waals surface area contributed by atoms with Gasteiger partial charge in [0, 0.05) is 5.56 Å². The Morgan fingerprint density at radius 2 is 1.95 bits per heavy atom. The third kappa shape index (κ3) is 3.10. The van der Waals surface area contributed by atoms with Gasteiger partial charge >= 0.3 is 0 Å². The molecule has 0 aromatic heterocycles. The quantitative estimate of drug-likeness (QED) is 0.885. The summed E-state index contributed by atoms with van der Waals surface area (Å²) >= 11 is 5.79. The van der Waals surface area contributed by atoms with Gasteiger partial charge in [-0.2, -0.15) is 0 Å². The highest BCUT2D eigenvalue weighted by atomic mass is 35.5. The highest BCUT2D eigenvalue weighted by molar-refractivity contribution is 7.92. The molecule has 3 nitrogen and oxygen atoms in total. The van der Waals surface area contributed by atoms with Gasteiger partial charge in [-0.1, -0.05) is 23.6 Å². The normalized spacial score (nSPS) is 10.8. The van der Waals surface area contributed by atoms with Gasteiger partial charge in [0.2, 0.25) is 0 Å². The van der Waals surface area contributed by atoms with Crippen LogP contribution < -0.4 is 4.72 Å². The molecule has 0 aliphatic heterocycles. The zero-order chi connectivity index (χ0) is 14.8. The molecule has 0 atom stereocenters. The highest BCUT2D eigenvalue weighted by Crippen LogP contribution is 2.24. The summed E-state index contributed by atoms with van der Waals surface area (Å²) in [5, 5.41) is -0.0630. The predicted octanol–water partition coefficient (Wildman–Crippen LogP) is 3.26. The Labute approximate surface area is 121 Å². The number of halogens is 2. The van der Waals surface area contributed by atoms with E-state index in [1.807, 2.05) is 0 Å². The molecule has 0 aliphatic rings. The Morgan fingerprint density at radius 1 is 1.20 bits per heavy atom. The van der Waals surface area contributed by atoms with Crippen molar-refractivity contribution in [3.63, 3.8) is 0 Å². The molecule has 0 bridgehead atoms. The van der Waals surface area contributed by atoms with Crippen molar-refractivity contribution in [3.8, 4) is 12.3 Å². The van der Waals surface area contributed by atoms with E-state index in [0.717, 1.165) is 12.1 Å². The lowest BCUT2D eigenvalue weighted by atomic mass is 10.2. The maximum Gasteiger partial charge on any atom is 0.263 e. The summed E-state index contributed by atoms with van der Waals surface area (Å²) in [4.78, 5) is -0.328. The summed E-state index contributed by atoms with van der Waals surface area (Å²) in [7, 11) is -3.98. The Balaban J connectivity index is 2.41. The monoisotopic (exact) mass is 309 g/mol. The first-order valence-corrected chi connectivity index (χ1v) is 7.33. The Bertz CT molecular complexity index is 797.